The monoisotopic (exact) mass is 301 g/mol. The summed E-state index contributed by atoms with van der Waals surface area (Å²) in [7, 11) is 0. The standard InChI is InChI=1S/C10H11N3O6S/c14-1-3-4(15)5(16)9(19-3)13-7-6(20-10(13)18)8(17)12-2-11-7/h2-5,9,14-16H,1H2,(H,11,12,17)/t3-,4-,5-,9?/m1/s1. The first-order valence-electron chi connectivity index (χ1n) is 5.75. The molecule has 1 unspecified atom stereocenters. The first-order chi connectivity index (χ1) is 9.54. The highest BCUT2D eigenvalue weighted by Gasteiger charge is 2.44. The van der Waals surface area contributed by atoms with Crippen LogP contribution in [0.1, 0.15) is 6.23 Å². The highest BCUT2D eigenvalue weighted by molar-refractivity contribution is 7.16. The van der Waals surface area contributed by atoms with Crippen molar-refractivity contribution >= 4 is 21.7 Å². The molecule has 0 bridgehead atoms. The van der Waals surface area contributed by atoms with E-state index in [0.717, 1.165) is 10.9 Å². The van der Waals surface area contributed by atoms with Crippen LogP contribution in [0.15, 0.2) is 15.9 Å². The van der Waals surface area contributed by atoms with Crippen LogP contribution in [-0.2, 0) is 4.74 Å². The number of ether oxygens (including phenoxy) is 1. The van der Waals surface area contributed by atoms with E-state index < -0.39 is 41.6 Å². The predicted octanol–water partition coefficient (Wildman–Crippen LogP) is -2.24. The summed E-state index contributed by atoms with van der Waals surface area (Å²) in [6.07, 6.45) is -3.79. The first kappa shape index (κ1) is 13.4. The number of aromatic amines is 1. The summed E-state index contributed by atoms with van der Waals surface area (Å²) in [5.74, 6) is 0. The van der Waals surface area contributed by atoms with E-state index in [9.17, 15) is 19.8 Å². The number of fused-ring (bicyclic) bond motifs is 1. The van der Waals surface area contributed by atoms with Gasteiger partial charge in [0, 0.05) is 0 Å². The Bertz CT molecular complexity index is 751. The Balaban J connectivity index is 2.16. The van der Waals surface area contributed by atoms with Crippen LogP contribution in [0, 0.1) is 0 Å². The van der Waals surface area contributed by atoms with E-state index in [1.807, 2.05) is 0 Å². The van der Waals surface area contributed by atoms with Gasteiger partial charge in [0.1, 0.15) is 23.0 Å². The van der Waals surface area contributed by atoms with Crippen LogP contribution < -0.4 is 10.4 Å². The van der Waals surface area contributed by atoms with Gasteiger partial charge in [-0.1, -0.05) is 11.3 Å². The Morgan fingerprint density at radius 1 is 1.40 bits per heavy atom. The summed E-state index contributed by atoms with van der Waals surface area (Å²) < 4.78 is 6.40. The Labute approximate surface area is 114 Å². The molecule has 9 nitrogen and oxygen atoms in total. The molecule has 10 heteroatoms. The van der Waals surface area contributed by atoms with Gasteiger partial charge in [0.2, 0.25) is 0 Å². The zero-order valence-corrected chi connectivity index (χ0v) is 10.8. The average Bonchev–Trinajstić information content (AvgIpc) is 2.90. The number of aliphatic hydroxyl groups excluding tert-OH is 3. The van der Waals surface area contributed by atoms with Gasteiger partial charge in [0.25, 0.3) is 5.56 Å². The SMILES string of the molecule is O=c1[nH]cnc2c1sc(=O)n2C1O[C@H](CO)[C@@H](O)[C@H]1O. The Morgan fingerprint density at radius 3 is 2.80 bits per heavy atom. The van der Waals surface area contributed by atoms with Crippen LogP contribution in [-0.4, -0.2) is 54.8 Å². The molecule has 0 radical (unpaired) electrons. The molecule has 4 N–H and O–H groups in total. The van der Waals surface area contributed by atoms with Gasteiger partial charge in [-0.05, 0) is 0 Å². The molecule has 2 aromatic heterocycles. The Morgan fingerprint density at radius 2 is 2.15 bits per heavy atom. The molecule has 0 spiro atoms. The molecule has 4 atom stereocenters. The molecule has 0 aromatic carbocycles. The fraction of sp³-hybridized carbons (Fsp3) is 0.500. The molecule has 0 aliphatic carbocycles. The van der Waals surface area contributed by atoms with Gasteiger partial charge in [-0.2, -0.15) is 0 Å². The van der Waals surface area contributed by atoms with Crippen molar-refractivity contribution in [2.24, 2.45) is 0 Å². The molecule has 3 rings (SSSR count). The minimum atomic E-state index is -1.40. The van der Waals surface area contributed by atoms with Crippen molar-refractivity contribution in [1.82, 2.24) is 14.5 Å². The molecule has 1 aliphatic heterocycles. The maximum absolute atomic E-state index is 12.0. The maximum atomic E-state index is 12.0. The first-order valence-corrected chi connectivity index (χ1v) is 6.57. The maximum Gasteiger partial charge on any atom is 0.311 e. The molecular formula is C10H11N3O6S. The minimum absolute atomic E-state index is 0.0681. The smallest absolute Gasteiger partial charge is 0.311 e. The van der Waals surface area contributed by atoms with Crippen molar-refractivity contribution < 1.29 is 20.1 Å². The van der Waals surface area contributed by atoms with Crippen LogP contribution in [0.3, 0.4) is 0 Å². The molecule has 108 valence electrons. The van der Waals surface area contributed by atoms with Crippen LogP contribution in [0.25, 0.3) is 10.3 Å². The van der Waals surface area contributed by atoms with Gasteiger partial charge < -0.3 is 25.0 Å². The lowest BCUT2D eigenvalue weighted by Crippen LogP contribution is -2.34. The van der Waals surface area contributed by atoms with E-state index in [1.165, 1.54) is 0 Å². The second-order valence-electron chi connectivity index (χ2n) is 4.35. The lowest BCUT2D eigenvalue weighted by atomic mass is 10.1. The van der Waals surface area contributed by atoms with E-state index in [4.69, 9.17) is 9.84 Å². The molecule has 20 heavy (non-hydrogen) atoms. The summed E-state index contributed by atoms with van der Waals surface area (Å²) in [5, 5.41) is 28.7. The van der Waals surface area contributed by atoms with Gasteiger partial charge in [-0.15, -0.1) is 0 Å². The van der Waals surface area contributed by atoms with Gasteiger partial charge in [0.05, 0.1) is 12.9 Å². The van der Waals surface area contributed by atoms with Crippen molar-refractivity contribution in [3.63, 3.8) is 0 Å². The van der Waals surface area contributed by atoms with E-state index in [0.29, 0.717) is 11.3 Å². The van der Waals surface area contributed by atoms with Gasteiger partial charge >= 0.3 is 4.87 Å². The summed E-state index contributed by atoms with van der Waals surface area (Å²) in [6, 6.07) is 0. The van der Waals surface area contributed by atoms with E-state index in [-0.39, 0.29) is 10.3 Å². The molecule has 1 saturated heterocycles. The number of aromatic nitrogens is 3. The fourth-order valence-electron chi connectivity index (χ4n) is 2.18. The van der Waals surface area contributed by atoms with E-state index >= 15 is 0 Å². The van der Waals surface area contributed by atoms with E-state index in [2.05, 4.69) is 9.97 Å². The topological polar surface area (TPSA) is 138 Å². The Hall–Kier alpha value is -1.59. The highest BCUT2D eigenvalue weighted by Crippen LogP contribution is 2.30. The molecule has 1 aliphatic rings. The molecule has 1 fully saturated rings. The third-order valence-corrected chi connectivity index (χ3v) is 4.12. The number of hydrogen-bond donors (Lipinski definition) is 4. The van der Waals surface area contributed by atoms with Crippen molar-refractivity contribution in [2.75, 3.05) is 6.61 Å². The van der Waals surface area contributed by atoms with E-state index in [1.54, 1.807) is 0 Å². The lowest BCUT2D eigenvalue weighted by molar-refractivity contribution is -0.0518. The predicted molar refractivity (Wildman–Crippen MR) is 67.5 cm³/mol. The van der Waals surface area contributed by atoms with Crippen molar-refractivity contribution in [1.29, 1.82) is 0 Å². The number of H-pyrrole nitrogens is 1. The van der Waals surface area contributed by atoms with Crippen molar-refractivity contribution in [2.45, 2.75) is 24.5 Å². The van der Waals surface area contributed by atoms with Crippen LogP contribution in [0.4, 0.5) is 0 Å². The highest BCUT2D eigenvalue weighted by atomic mass is 32.1. The zero-order chi connectivity index (χ0) is 14.4. The zero-order valence-electron chi connectivity index (χ0n) is 9.96. The molecule has 0 amide bonds. The number of hydrogen-bond acceptors (Lipinski definition) is 8. The quantitative estimate of drug-likeness (QED) is 0.492. The van der Waals surface area contributed by atoms with Crippen molar-refractivity contribution in [3.05, 3.63) is 26.3 Å². The van der Waals surface area contributed by atoms with Gasteiger partial charge in [-0.25, -0.2) is 4.98 Å². The second-order valence-corrected chi connectivity index (χ2v) is 5.31. The summed E-state index contributed by atoms with van der Waals surface area (Å²) in [4.78, 5) is 29.3. The summed E-state index contributed by atoms with van der Waals surface area (Å²) in [5.41, 5.74) is -0.402. The number of thiazole rings is 1. The normalized spacial score (nSPS) is 30.1. The number of nitrogens with zero attached hydrogens (tertiary/aromatic N) is 2. The van der Waals surface area contributed by atoms with Gasteiger partial charge in [0.15, 0.2) is 11.9 Å². The molecular weight excluding hydrogens is 290 g/mol. The largest absolute Gasteiger partial charge is 0.394 e. The number of rotatable bonds is 2. The molecule has 3 heterocycles. The second kappa shape index (κ2) is 4.75. The van der Waals surface area contributed by atoms with Crippen LogP contribution in [0.5, 0.6) is 0 Å². The molecule has 0 saturated carbocycles. The third-order valence-electron chi connectivity index (χ3n) is 3.18. The van der Waals surface area contributed by atoms with Crippen LogP contribution in [0.2, 0.25) is 0 Å². The number of nitrogens with one attached hydrogen (secondary N) is 1. The van der Waals surface area contributed by atoms with Gasteiger partial charge in [-0.3, -0.25) is 14.2 Å². The summed E-state index contributed by atoms with van der Waals surface area (Å²) in [6.45, 7) is -0.500. The Kier molecular flexibility index (Phi) is 3.18. The molecule has 2 aromatic rings. The number of aliphatic hydroxyl groups is 3. The average molecular weight is 301 g/mol. The van der Waals surface area contributed by atoms with Crippen LogP contribution >= 0.6 is 11.3 Å². The summed E-state index contributed by atoms with van der Waals surface area (Å²) >= 11 is 0.670. The lowest BCUT2D eigenvalue weighted by Gasteiger charge is -2.15. The van der Waals surface area contributed by atoms with Crippen molar-refractivity contribution in [3.8, 4) is 0 Å². The minimum Gasteiger partial charge on any atom is -0.394 e. The fourth-order valence-corrected chi connectivity index (χ4v) is 3.04. The third kappa shape index (κ3) is 1.81.